The number of aromatic nitrogens is 5. The molecule has 1 saturated carbocycles. The van der Waals surface area contributed by atoms with Crippen LogP contribution in [0, 0.1) is 29.4 Å². The highest BCUT2D eigenvalue weighted by molar-refractivity contribution is 6.35. The van der Waals surface area contributed by atoms with Gasteiger partial charge in [-0.3, -0.25) is 14.2 Å². The van der Waals surface area contributed by atoms with E-state index in [0.29, 0.717) is 37.8 Å². The highest BCUT2D eigenvalue weighted by atomic mass is 35.5. The largest absolute Gasteiger partial charge is 0.378 e. The summed E-state index contributed by atoms with van der Waals surface area (Å²) >= 11 is 6.47. The lowest BCUT2D eigenvalue weighted by atomic mass is 9.93. The Hall–Kier alpha value is -4.87. The van der Waals surface area contributed by atoms with Crippen LogP contribution in [0.4, 0.5) is 26.3 Å². The topological polar surface area (TPSA) is 97.9 Å². The number of nitrogens with one attached hydrogen (secondary N) is 1. The normalized spacial score (nSPS) is 18.0. The fraction of sp³-hybridized carbons (Fsp3) is 0.333. The maximum atomic E-state index is 15.3. The molecule has 264 valence electrons. The number of carbonyl (C=O) groups is 1. The van der Waals surface area contributed by atoms with Gasteiger partial charge in [0.25, 0.3) is 12.3 Å². The molecule has 2 aromatic carbocycles. The fourth-order valence-corrected chi connectivity index (χ4v) is 7.06. The van der Waals surface area contributed by atoms with E-state index < -0.39 is 71.3 Å². The van der Waals surface area contributed by atoms with Crippen LogP contribution in [0.25, 0.3) is 22.0 Å². The molecule has 2 N–H and O–H groups in total. The molecule has 15 heteroatoms. The second kappa shape index (κ2) is 12.4. The van der Waals surface area contributed by atoms with Gasteiger partial charge in [-0.25, -0.2) is 22.5 Å². The zero-order chi connectivity index (χ0) is 36.6. The molecular formula is C36H29ClF6N6O2. The van der Waals surface area contributed by atoms with Gasteiger partial charge in [-0.15, -0.1) is 0 Å². The van der Waals surface area contributed by atoms with Gasteiger partial charge in [-0.1, -0.05) is 23.6 Å². The molecule has 3 atom stereocenters. The van der Waals surface area contributed by atoms with Crippen LogP contribution in [0.1, 0.15) is 72.6 Å². The monoisotopic (exact) mass is 726 g/mol. The molecule has 0 aliphatic heterocycles. The van der Waals surface area contributed by atoms with Crippen molar-refractivity contribution in [1.82, 2.24) is 29.9 Å². The summed E-state index contributed by atoms with van der Waals surface area (Å²) < 4.78 is 89.5. The minimum atomic E-state index is -3.45. The van der Waals surface area contributed by atoms with E-state index >= 15 is 8.78 Å². The summed E-state index contributed by atoms with van der Waals surface area (Å²) in [7, 11) is 1.70. The highest BCUT2D eigenvalue weighted by Gasteiger charge is 2.67. The van der Waals surface area contributed by atoms with Gasteiger partial charge in [0.15, 0.2) is 0 Å². The molecule has 1 fully saturated rings. The van der Waals surface area contributed by atoms with Crippen LogP contribution in [0.15, 0.2) is 48.7 Å². The summed E-state index contributed by atoms with van der Waals surface area (Å²) in [5.74, 6) is -2.53. The van der Waals surface area contributed by atoms with E-state index in [1.165, 1.54) is 13.8 Å². The van der Waals surface area contributed by atoms with Crippen molar-refractivity contribution in [3.8, 4) is 23.0 Å². The van der Waals surface area contributed by atoms with Gasteiger partial charge in [0, 0.05) is 41.1 Å². The van der Waals surface area contributed by atoms with Crippen molar-refractivity contribution < 1.29 is 36.2 Å². The molecule has 0 radical (unpaired) electrons. The number of amides is 1. The molecule has 3 aromatic heterocycles. The average molecular weight is 727 g/mol. The number of pyridine rings is 1. The first-order chi connectivity index (χ1) is 24.0. The van der Waals surface area contributed by atoms with Crippen molar-refractivity contribution in [1.29, 1.82) is 0 Å². The van der Waals surface area contributed by atoms with Crippen LogP contribution in [0.3, 0.4) is 0 Å². The molecule has 1 amide bonds. The van der Waals surface area contributed by atoms with Crippen molar-refractivity contribution in [2.45, 2.75) is 63.1 Å². The van der Waals surface area contributed by atoms with Gasteiger partial charge in [0.2, 0.25) is 5.91 Å². The number of carbonyl (C=O) groups excluding carboxylic acids is 1. The average Bonchev–Trinajstić information content (AvgIpc) is 3.53. The molecule has 8 nitrogen and oxygen atoms in total. The Bertz CT molecular complexity index is 2270. The zero-order valence-electron chi connectivity index (χ0n) is 27.3. The Labute approximate surface area is 292 Å². The second-order valence-electron chi connectivity index (χ2n) is 13.3. The first-order valence-electron chi connectivity index (χ1n) is 15.9. The molecule has 1 unspecified atom stereocenters. The Balaban J connectivity index is 1.35. The molecule has 2 aliphatic rings. The van der Waals surface area contributed by atoms with Crippen LogP contribution < -0.4 is 5.32 Å². The zero-order valence-corrected chi connectivity index (χ0v) is 28.0. The summed E-state index contributed by atoms with van der Waals surface area (Å²) in [5, 5.41) is 22.1. The lowest BCUT2D eigenvalue weighted by Gasteiger charge is -2.23. The number of hydrogen-bond acceptors (Lipinski definition) is 5. The van der Waals surface area contributed by atoms with Crippen molar-refractivity contribution >= 4 is 28.4 Å². The van der Waals surface area contributed by atoms with Crippen molar-refractivity contribution in [3.63, 3.8) is 0 Å². The number of hydrogen-bond donors (Lipinski definition) is 2. The third kappa shape index (κ3) is 6.45. The lowest BCUT2D eigenvalue weighted by molar-refractivity contribution is -0.123. The Morgan fingerprint density at radius 2 is 1.82 bits per heavy atom. The molecule has 51 heavy (non-hydrogen) atoms. The number of benzene rings is 2. The summed E-state index contributed by atoms with van der Waals surface area (Å²) in [5.41, 5.74) is -1.07. The van der Waals surface area contributed by atoms with E-state index in [1.807, 2.05) is 0 Å². The minimum absolute atomic E-state index is 0.0552. The van der Waals surface area contributed by atoms with Crippen LogP contribution in [0.2, 0.25) is 5.02 Å². The highest BCUT2D eigenvalue weighted by Crippen LogP contribution is 2.68. The van der Waals surface area contributed by atoms with Crippen molar-refractivity contribution in [2.75, 3.05) is 0 Å². The second-order valence-corrected chi connectivity index (χ2v) is 13.8. The molecule has 0 bridgehead atoms. The molecule has 2 aliphatic carbocycles. The number of fused-ring (bicyclic) bond motifs is 4. The van der Waals surface area contributed by atoms with Crippen LogP contribution >= 0.6 is 11.6 Å². The summed E-state index contributed by atoms with van der Waals surface area (Å²) in [6.45, 7) is 2.10. The number of halogens is 7. The maximum Gasteiger partial charge on any atom is 0.293 e. The van der Waals surface area contributed by atoms with Gasteiger partial charge in [0.1, 0.15) is 40.9 Å². The molecule has 0 spiro atoms. The van der Waals surface area contributed by atoms with Crippen LogP contribution in [0.5, 0.6) is 0 Å². The molecule has 3 heterocycles. The fourth-order valence-electron chi connectivity index (χ4n) is 6.86. The van der Waals surface area contributed by atoms with E-state index in [-0.39, 0.29) is 35.4 Å². The van der Waals surface area contributed by atoms with Crippen LogP contribution in [-0.2, 0) is 30.7 Å². The number of alkyl halides is 4. The van der Waals surface area contributed by atoms with E-state index in [1.54, 1.807) is 42.2 Å². The standard InChI is InChI=1S/C36H29ClF6N6O2/c1-35(2,51)9-8-20-4-5-21(22-6-7-26(37)24-15-44-48(3)32(22)24)30(45-20)27(12-17-10-18(38)13-19(39)11-17)46-28(50)16-49-33-29(31(47-49)34(40)41)23-14-25(23)36(33,42)43/h4-7,10-11,13,15,23,25,27,34,51H,12,14,16H2,1-3H3,(H,46,50)/t23?,25-,27+/m1/s1. The number of aliphatic hydroxyl groups is 1. The Morgan fingerprint density at radius 1 is 1.12 bits per heavy atom. The summed E-state index contributed by atoms with van der Waals surface area (Å²) in [6.07, 6.45) is -1.75. The van der Waals surface area contributed by atoms with E-state index in [9.17, 15) is 27.5 Å². The third-order valence-electron chi connectivity index (χ3n) is 9.05. The van der Waals surface area contributed by atoms with Crippen molar-refractivity contribution in [2.24, 2.45) is 13.0 Å². The van der Waals surface area contributed by atoms with E-state index in [2.05, 4.69) is 27.4 Å². The summed E-state index contributed by atoms with van der Waals surface area (Å²) in [6, 6.07) is 8.25. The first-order valence-corrected chi connectivity index (χ1v) is 16.3. The predicted octanol–water partition coefficient (Wildman–Crippen LogP) is 7.13. The summed E-state index contributed by atoms with van der Waals surface area (Å²) in [4.78, 5) is 18.5. The minimum Gasteiger partial charge on any atom is -0.378 e. The predicted molar refractivity (Wildman–Crippen MR) is 175 cm³/mol. The quantitative estimate of drug-likeness (QED) is 0.131. The molecule has 7 rings (SSSR count). The lowest BCUT2D eigenvalue weighted by Crippen LogP contribution is -2.35. The molecule has 5 aromatic rings. The van der Waals surface area contributed by atoms with Gasteiger partial charge >= 0.3 is 0 Å². The van der Waals surface area contributed by atoms with Crippen LogP contribution in [-0.4, -0.2) is 41.2 Å². The van der Waals surface area contributed by atoms with Gasteiger partial charge in [-0.05, 0) is 74.4 Å². The smallest absolute Gasteiger partial charge is 0.293 e. The number of rotatable bonds is 8. The maximum absolute atomic E-state index is 15.3. The van der Waals surface area contributed by atoms with Gasteiger partial charge in [-0.2, -0.15) is 19.0 Å². The number of aryl methyl sites for hydroxylation is 1. The Kier molecular flexibility index (Phi) is 8.42. The SMILES string of the molecule is Cn1ncc2c(Cl)ccc(-c3ccc(C#CC(C)(C)O)nc3[C@H](Cc3cc(F)cc(F)c3)NC(=O)Cn3nc(C(F)F)c4c3C(F)(F)[C@@H]3CC43)c21. The van der Waals surface area contributed by atoms with Gasteiger partial charge < -0.3 is 10.4 Å². The molecule has 0 saturated heterocycles. The van der Waals surface area contributed by atoms with Crippen molar-refractivity contribution in [3.05, 3.63) is 99.2 Å². The number of nitrogens with zero attached hydrogens (tertiary/aromatic N) is 5. The van der Waals surface area contributed by atoms with E-state index in [4.69, 9.17) is 16.6 Å². The molecular weight excluding hydrogens is 698 g/mol. The Morgan fingerprint density at radius 3 is 2.51 bits per heavy atom. The van der Waals surface area contributed by atoms with E-state index in [0.717, 1.165) is 12.1 Å². The van der Waals surface area contributed by atoms with Gasteiger partial charge in [0.05, 0.1) is 28.5 Å². The third-order valence-corrected chi connectivity index (χ3v) is 9.38. The first kappa shape index (κ1) is 34.6.